The molecule has 0 fully saturated rings. The molecule has 5 nitrogen and oxygen atoms in total. The Morgan fingerprint density at radius 3 is 2.32 bits per heavy atom. The predicted molar refractivity (Wildman–Crippen MR) is 88.7 cm³/mol. The summed E-state index contributed by atoms with van der Waals surface area (Å²) in [6, 6.07) is 14.8. The Morgan fingerprint density at radius 2 is 1.68 bits per heavy atom. The van der Waals surface area contributed by atoms with E-state index in [2.05, 4.69) is 0 Å². The first-order chi connectivity index (χ1) is 10.2. The maximum absolute atomic E-state index is 7.57. The minimum atomic E-state index is -0.0622. The summed E-state index contributed by atoms with van der Waals surface area (Å²) in [4.78, 5) is 0. The van der Waals surface area contributed by atoms with Crippen molar-refractivity contribution in [3.8, 4) is 17.2 Å². The van der Waals surface area contributed by atoms with Crippen LogP contribution in [0.15, 0.2) is 48.5 Å². The van der Waals surface area contributed by atoms with Crippen molar-refractivity contribution in [3.63, 3.8) is 0 Å². The van der Waals surface area contributed by atoms with E-state index in [1.807, 2.05) is 30.3 Å². The maximum atomic E-state index is 7.57. The molecule has 0 heterocycles. The zero-order valence-corrected chi connectivity index (χ0v) is 13.1. The van der Waals surface area contributed by atoms with Gasteiger partial charge < -0.3 is 19.9 Å². The number of halogens is 1. The third-order valence-corrected chi connectivity index (χ3v) is 2.83. The summed E-state index contributed by atoms with van der Waals surface area (Å²) in [7, 11) is 1.55. The van der Waals surface area contributed by atoms with Gasteiger partial charge in [0.15, 0.2) is 11.5 Å². The van der Waals surface area contributed by atoms with Gasteiger partial charge >= 0.3 is 0 Å². The number of nitrogens with one attached hydrogen (secondary N) is 1. The number of ether oxygens (including phenoxy) is 3. The molecule has 0 aliphatic rings. The van der Waals surface area contributed by atoms with Crippen LogP contribution in [0.1, 0.15) is 5.56 Å². The standard InChI is InChI=1S/C16H18N2O3.ClH/c1-19-14-9-5-8-13(16(17)18)15(14)21-11-10-20-12-6-3-2-4-7-12;/h2-9H,10-11H2,1H3,(H3,17,18);1H. The summed E-state index contributed by atoms with van der Waals surface area (Å²) in [5, 5.41) is 7.57. The molecule has 2 rings (SSSR count). The lowest BCUT2D eigenvalue weighted by Crippen LogP contribution is -2.16. The number of amidine groups is 1. The fourth-order valence-corrected chi connectivity index (χ4v) is 1.86. The second-order valence-electron chi connectivity index (χ2n) is 4.26. The summed E-state index contributed by atoms with van der Waals surface area (Å²) in [5.74, 6) is 1.73. The Hall–Kier alpha value is -2.40. The lowest BCUT2D eigenvalue weighted by molar-refractivity contribution is 0.211. The highest BCUT2D eigenvalue weighted by Gasteiger charge is 2.12. The molecular formula is C16H19ClN2O3. The van der Waals surface area contributed by atoms with Gasteiger partial charge in [0.25, 0.3) is 0 Å². The average molecular weight is 323 g/mol. The van der Waals surface area contributed by atoms with Crippen LogP contribution in [0, 0.1) is 5.41 Å². The van der Waals surface area contributed by atoms with Gasteiger partial charge in [-0.2, -0.15) is 0 Å². The molecule has 3 N–H and O–H groups in total. The van der Waals surface area contributed by atoms with Crippen LogP contribution < -0.4 is 19.9 Å². The van der Waals surface area contributed by atoms with Crippen molar-refractivity contribution < 1.29 is 14.2 Å². The number of methoxy groups -OCH3 is 1. The lowest BCUT2D eigenvalue weighted by atomic mass is 10.1. The van der Waals surface area contributed by atoms with Crippen molar-refractivity contribution in [3.05, 3.63) is 54.1 Å². The van der Waals surface area contributed by atoms with Crippen LogP contribution in [0.5, 0.6) is 17.2 Å². The van der Waals surface area contributed by atoms with Crippen LogP contribution in [-0.4, -0.2) is 26.2 Å². The van der Waals surface area contributed by atoms with Gasteiger partial charge in [-0.05, 0) is 24.3 Å². The molecule has 0 atom stereocenters. The van der Waals surface area contributed by atoms with Gasteiger partial charge in [0.2, 0.25) is 0 Å². The molecule has 0 saturated heterocycles. The van der Waals surface area contributed by atoms with Crippen LogP contribution in [0.4, 0.5) is 0 Å². The number of hydrogen-bond acceptors (Lipinski definition) is 4. The summed E-state index contributed by atoms with van der Waals surface area (Å²) in [6.45, 7) is 0.717. The highest BCUT2D eigenvalue weighted by atomic mass is 35.5. The van der Waals surface area contributed by atoms with Gasteiger partial charge in [-0.25, -0.2) is 0 Å². The van der Waals surface area contributed by atoms with E-state index < -0.39 is 0 Å². The van der Waals surface area contributed by atoms with Crippen molar-refractivity contribution >= 4 is 18.2 Å². The van der Waals surface area contributed by atoms with E-state index in [9.17, 15) is 0 Å². The molecule has 0 amide bonds. The molecule has 0 radical (unpaired) electrons. The molecule has 2 aromatic rings. The highest BCUT2D eigenvalue weighted by molar-refractivity contribution is 5.98. The third-order valence-electron chi connectivity index (χ3n) is 2.83. The van der Waals surface area contributed by atoms with Crippen LogP contribution >= 0.6 is 12.4 Å². The normalized spacial score (nSPS) is 9.50. The number of benzene rings is 2. The Labute approximate surface area is 135 Å². The lowest BCUT2D eigenvalue weighted by Gasteiger charge is -2.14. The van der Waals surface area contributed by atoms with E-state index in [4.69, 9.17) is 25.4 Å². The third kappa shape index (κ3) is 4.56. The van der Waals surface area contributed by atoms with Crippen LogP contribution in [0.2, 0.25) is 0 Å². The Bertz CT molecular complexity index is 606. The highest BCUT2D eigenvalue weighted by Crippen LogP contribution is 2.30. The molecule has 0 aliphatic carbocycles. The van der Waals surface area contributed by atoms with Gasteiger partial charge in [-0.15, -0.1) is 12.4 Å². The van der Waals surface area contributed by atoms with Crippen molar-refractivity contribution in [2.24, 2.45) is 5.73 Å². The Balaban J connectivity index is 0.00000242. The van der Waals surface area contributed by atoms with Crippen molar-refractivity contribution in [2.75, 3.05) is 20.3 Å². The Morgan fingerprint density at radius 1 is 1.00 bits per heavy atom. The van der Waals surface area contributed by atoms with Crippen molar-refractivity contribution in [2.45, 2.75) is 0 Å². The first-order valence-electron chi connectivity index (χ1n) is 6.54. The van der Waals surface area contributed by atoms with E-state index in [-0.39, 0.29) is 18.2 Å². The summed E-state index contributed by atoms with van der Waals surface area (Å²) in [5.41, 5.74) is 6.06. The van der Waals surface area contributed by atoms with Crippen LogP contribution in [0.3, 0.4) is 0 Å². The van der Waals surface area contributed by atoms with Crippen LogP contribution in [0.25, 0.3) is 0 Å². The van der Waals surface area contributed by atoms with Crippen molar-refractivity contribution in [1.82, 2.24) is 0 Å². The van der Waals surface area contributed by atoms with E-state index in [0.717, 1.165) is 5.75 Å². The molecule has 0 saturated carbocycles. The van der Waals surface area contributed by atoms with E-state index >= 15 is 0 Å². The molecule has 0 aromatic heterocycles. The zero-order valence-electron chi connectivity index (χ0n) is 12.2. The molecule has 6 heteroatoms. The SMILES string of the molecule is COc1cccc(C(=N)N)c1OCCOc1ccccc1.Cl. The monoisotopic (exact) mass is 322 g/mol. The van der Waals surface area contributed by atoms with E-state index in [1.54, 1.807) is 25.3 Å². The molecule has 2 aromatic carbocycles. The smallest absolute Gasteiger partial charge is 0.172 e. The first-order valence-corrected chi connectivity index (χ1v) is 6.54. The summed E-state index contributed by atoms with van der Waals surface area (Å²) < 4.78 is 16.5. The zero-order chi connectivity index (χ0) is 15.1. The fourth-order valence-electron chi connectivity index (χ4n) is 1.86. The number of nitrogens with two attached hydrogens (primary N) is 1. The second kappa shape index (κ2) is 8.79. The minimum Gasteiger partial charge on any atom is -0.493 e. The molecule has 0 spiro atoms. The fraction of sp³-hybridized carbons (Fsp3) is 0.188. The van der Waals surface area contributed by atoms with Gasteiger partial charge in [-0.3, -0.25) is 5.41 Å². The molecular weight excluding hydrogens is 304 g/mol. The quantitative estimate of drug-likeness (QED) is 0.467. The maximum Gasteiger partial charge on any atom is 0.172 e. The van der Waals surface area contributed by atoms with Gasteiger partial charge in [-0.1, -0.05) is 24.3 Å². The molecule has 118 valence electrons. The van der Waals surface area contributed by atoms with Gasteiger partial charge in [0.1, 0.15) is 24.8 Å². The van der Waals surface area contributed by atoms with Crippen molar-refractivity contribution in [1.29, 1.82) is 5.41 Å². The van der Waals surface area contributed by atoms with Gasteiger partial charge in [0, 0.05) is 0 Å². The largest absolute Gasteiger partial charge is 0.493 e. The van der Waals surface area contributed by atoms with Gasteiger partial charge in [0.05, 0.1) is 12.7 Å². The number of para-hydroxylation sites is 2. The minimum absolute atomic E-state index is 0. The van der Waals surface area contributed by atoms with Crippen LogP contribution in [-0.2, 0) is 0 Å². The van der Waals surface area contributed by atoms with E-state index in [0.29, 0.717) is 30.3 Å². The summed E-state index contributed by atoms with van der Waals surface area (Å²) in [6.07, 6.45) is 0. The topological polar surface area (TPSA) is 77.6 Å². The first kappa shape index (κ1) is 17.7. The molecule has 0 unspecified atom stereocenters. The molecule has 0 aliphatic heterocycles. The molecule has 22 heavy (non-hydrogen) atoms. The second-order valence-corrected chi connectivity index (χ2v) is 4.26. The molecule has 0 bridgehead atoms. The Kier molecular flexibility index (Phi) is 7.05. The number of rotatable bonds is 7. The predicted octanol–water partition coefficient (Wildman–Crippen LogP) is 2.86. The average Bonchev–Trinajstić information content (AvgIpc) is 2.52. The summed E-state index contributed by atoms with van der Waals surface area (Å²) >= 11 is 0. The number of hydrogen-bond donors (Lipinski definition) is 2. The van der Waals surface area contributed by atoms with E-state index in [1.165, 1.54) is 0 Å². The number of nitrogen functional groups attached to an aromatic ring is 1.